The molecule has 1 aromatic rings. The first-order chi connectivity index (χ1) is 8.47. The van der Waals surface area contributed by atoms with E-state index in [1.165, 1.54) is 0 Å². The second kappa shape index (κ2) is 4.84. The van der Waals surface area contributed by atoms with Gasteiger partial charge >= 0.3 is 0 Å². The second-order valence-electron chi connectivity index (χ2n) is 4.61. The highest BCUT2D eigenvalue weighted by Gasteiger charge is 2.42. The molecule has 1 aliphatic carbocycles. The van der Waals surface area contributed by atoms with E-state index in [0.717, 1.165) is 25.0 Å². The third-order valence-electron chi connectivity index (χ3n) is 3.14. The van der Waals surface area contributed by atoms with Crippen LogP contribution in [0, 0.1) is 22.9 Å². The Morgan fingerprint density at radius 1 is 1.28 bits per heavy atom. The molecule has 0 bridgehead atoms. The maximum Gasteiger partial charge on any atom is 0.225 e. The molecule has 0 heterocycles. The fourth-order valence-electron chi connectivity index (χ4n) is 1.72. The van der Waals surface area contributed by atoms with Crippen molar-refractivity contribution in [3.05, 3.63) is 29.6 Å². The summed E-state index contributed by atoms with van der Waals surface area (Å²) in [5.74, 6) is -4.06. The van der Waals surface area contributed by atoms with Crippen LogP contribution in [0.4, 0.5) is 18.9 Å². The minimum Gasteiger partial charge on any atom is -0.323 e. The fourth-order valence-corrected chi connectivity index (χ4v) is 2.15. The Balaban J connectivity index is 2.06. The minimum absolute atomic E-state index is 0.109. The van der Waals surface area contributed by atoms with Crippen LogP contribution in [0.5, 0.6) is 0 Å². The average molecular weight is 275 g/mol. The van der Waals surface area contributed by atoms with E-state index in [9.17, 15) is 18.0 Å². The van der Waals surface area contributed by atoms with E-state index >= 15 is 0 Å². The molecule has 6 heteroatoms. The third-order valence-corrected chi connectivity index (χ3v) is 3.81. The zero-order chi connectivity index (χ0) is 13.3. The number of hydrogen-bond acceptors (Lipinski definition) is 2. The number of carbonyl (C=O) groups is 1. The molecule has 0 atom stereocenters. The molecule has 1 fully saturated rings. The summed E-state index contributed by atoms with van der Waals surface area (Å²) in [6.45, 7) is 0. The summed E-state index contributed by atoms with van der Waals surface area (Å²) in [4.78, 5) is 11.6. The largest absolute Gasteiger partial charge is 0.323 e. The van der Waals surface area contributed by atoms with Gasteiger partial charge in [0.1, 0.15) is 0 Å². The highest BCUT2D eigenvalue weighted by molar-refractivity contribution is 7.80. The maximum absolute atomic E-state index is 13.3. The Hall–Kier alpha value is -1.17. The predicted molar refractivity (Wildman–Crippen MR) is 65.1 cm³/mol. The highest BCUT2D eigenvalue weighted by atomic mass is 32.1. The SMILES string of the molecule is O=C(CC1(CS)CC1)Nc1ccc(F)c(F)c1F. The molecule has 0 spiro atoms. The van der Waals surface area contributed by atoms with Gasteiger partial charge in [0.25, 0.3) is 0 Å². The van der Waals surface area contributed by atoms with Crippen LogP contribution in [0.15, 0.2) is 12.1 Å². The van der Waals surface area contributed by atoms with Crippen molar-refractivity contribution >= 4 is 24.2 Å². The van der Waals surface area contributed by atoms with E-state index in [0.29, 0.717) is 5.75 Å². The first kappa shape index (κ1) is 13.3. The number of thiol groups is 1. The summed E-state index contributed by atoms with van der Waals surface area (Å²) in [6.07, 6.45) is 2.03. The maximum atomic E-state index is 13.3. The van der Waals surface area contributed by atoms with Gasteiger partial charge in [0.15, 0.2) is 17.5 Å². The molecule has 2 nitrogen and oxygen atoms in total. The fraction of sp³-hybridized carbons (Fsp3) is 0.417. The molecule has 1 aromatic carbocycles. The summed E-state index contributed by atoms with van der Waals surface area (Å²) >= 11 is 4.15. The van der Waals surface area contributed by atoms with Crippen LogP contribution < -0.4 is 5.32 Å². The van der Waals surface area contributed by atoms with Crippen molar-refractivity contribution in [3.63, 3.8) is 0 Å². The van der Waals surface area contributed by atoms with Crippen molar-refractivity contribution in [2.45, 2.75) is 19.3 Å². The normalized spacial score (nSPS) is 16.4. The number of nitrogens with one attached hydrogen (secondary N) is 1. The molecule has 0 saturated heterocycles. The Morgan fingerprint density at radius 2 is 1.94 bits per heavy atom. The standard InChI is InChI=1S/C12H12F3NOS/c13-7-1-2-8(11(15)10(7)14)16-9(17)5-12(6-18)3-4-12/h1-2,18H,3-6H2,(H,16,17). The summed E-state index contributed by atoms with van der Waals surface area (Å²) in [6, 6.07) is 1.78. The van der Waals surface area contributed by atoms with Gasteiger partial charge in [0.2, 0.25) is 5.91 Å². The average Bonchev–Trinajstić information content (AvgIpc) is 3.10. The van der Waals surface area contributed by atoms with Crippen LogP contribution in [-0.4, -0.2) is 11.7 Å². The summed E-state index contributed by atoms with van der Waals surface area (Å²) < 4.78 is 38.9. The van der Waals surface area contributed by atoms with Gasteiger partial charge in [-0.2, -0.15) is 12.6 Å². The van der Waals surface area contributed by atoms with Crippen LogP contribution in [0.3, 0.4) is 0 Å². The molecule has 0 aliphatic heterocycles. The lowest BCUT2D eigenvalue weighted by atomic mass is 10.1. The lowest BCUT2D eigenvalue weighted by Gasteiger charge is -2.12. The Morgan fingerprint density at radius 3 is 2.50 bits per heavy atom. The van der Waals surface area contributed by atoms with Gasteiger partial charge in [-0.05, 0) is 36.1 Å². The number of hydrogen-bond donors (Lipinski definition) is 2. The van der Waals surface area contributed by atoms with Crippen LogP contribution in [-0.2, 0) is 4.79 Å². The molecule has 1 aliphatic rings. The number of carbonyl (C=O) groups excluding carboxylic acids is 1. The highest BCUT2D eigenvalue weighted by Crippen LogP contribution is 2.49. The van der Waals surface area contributed by atoms with Crippen molar-refractivity contribution in [2.24, 2.45) is 5.41 Å². The predicted octanol–water partition coefficient (Wildman–Crippen LogP) is 3.14. The smallest absolute Gasteiger partial charge is 0.225 e. The lowest BCUT2D eigenvalue weighted by molar-refractivity contribution is -0.117. The van der Waals surface area contributed by atoms with Crippen molar-refractivity contribution in [3.8, 4) is 0 Å². The second-order valence-corrected chi connectivity index (χ2v) is 4.92. The molecule has 0 radical (unpaired) electrons. The number of halogens is 3. The van der Waals surface area contributed by atoms with Crippen molar-refractivity contribution < 1.29 is 18.0 Å². The number of rotatable bonds is 4. The minimum atomic E-state index is -1.58. The monoisotopic (exact) mass is 275 g/mol. The quantitative estimate of drug-likeness (QED) is 0.641. The molecule has 1 amide bonds. The van der Waals surface area contributed by atoms with Crippen molar-refractivity contribution in [1.29, 1.82) is 0 Å². The summed E-state index contributed by atoms with van der Waals surface area (Å²) in [7, 11) is 0. The van der Waals surface area contributed by atoms with Crippen LogP contribution >= 0.6 is 12.6 Å². The number of anilines is 1. The van der Waals surface area contributed by atoms with Gasteiger partial charge in [0.05, 0.1) is 5.69 Å². The first-order valence-electron chi connectivity index (χ1n) is 5.52. The lowest BCUT2D eigenvalue weighted by Crippen LogP contribution is -2.19. The van der Waals surface area contributed by atoms with E-state index in [1.54, 1.807) is 0 Å². The Bertz CT molecular complexity index is 488. The van der Waals surface area contributed by atoms with Gasteiger partial charge in [-0.15, -0.1) is 0 Å². The van der Waals surface area contributed by atoms with E-state index in [-0.39, 0.29) is 17.5 Å². The van der Waals surface area contributed by atoms with E-state index in [1.807, 2.05) is 0 Å². The Kier molecular flexibility index (Phi) is 3.56. The van der Waals surface area contributed by atoms with Crippen molar-refractivity contribution in [1.82, 2.24) is 0 Å². The molecule has 98 valence electrons. The first-order valence-corrected chi connectivity index (χ1v) is 6.15. The molecule has 2 rings (SSSR count). The number of amides is 1. The van der Waals surface area contributed by atoms with E-state index < -0.39 is 23.4 Å². The zero-order valence-electron chi connectivity index (χ0n) is 9.47. The molecule has 1 saturated carbocycles. The summed E-state index contributed by atoms with van der Waals surface area (Å²) in [5.41, 5.74) is -0.448. The van der Waals surface area contributed by atoms with E-state index in [2.05, 4.69) is 17.9 Å². The van der Waals surface area contributed by atoms with Crippen molar-refractivity contribution in [2.75, 3.05) is 11.1 Å². The van der Waals surface area contributed by atoms with Gasteiger partial charge in [-0.1, -0.05) is 0 Å². The third kappa shape index (κ3) is 2.63. The van der Waals surface area contributed by atoms with E-state index in [4.69, 9.17) is 0 Å². The molecule has 1 N–H and O–H groups in total. The van der Waals surface area contributed by atoms with Crippen LogP contribution in [0.2, 0.25) is 0 Å². The van der Waals surface area contributed by atoms with Gasteiger partial charge < -0.3 is 5.32 Å². The van der Waals surface area contributed by atoms with Crippen LogP contribution in [0.1, 0.15) is 19.3 Å². The topological polar surface area (TPSA) is 29.1 Å². The molecule has 0 aromatic heterocycles. The zero-order valence-corrected chi connectivity index (χ0v) is 10.4. The molecule has 0 unspecified atom stereocenters. The molecular weight excluding hydrogens is 263 g/mol. The Labute approximate surface area is 108 Å². The van der Waals surface area contributed by atoms with Gasteiger partial charge in [-0.25, -0.2) is 13.2 Å². The molecule has 18 heavy (non-hydrogen) atoms. The summed E-state index contributed by atoms with van der Waals surface area (Å²) in [5, 5.41) is 2.25. The van der Waals surface area contributed by atoms with Gasteiger partial charge in [0, 0.05) is 6.42 Å². The molecular formula is C12H12F3NOS. The van der Waals surface area contributed by atoms with Gasteiger partial charge in [-0.3, -0.25) is 4.79 Å². The number of benzene rings is 1. The van der Waals surface area contributed by atoms with Crippen LogP contribution in [0.25, 0.3) is 0 Å².